The van der Waals surface area contributed by atoms with Crippen LogP contribution in [0.25, 0.3) is 10.8 Å². The zero-order chi connectivity index (χ0) is 20.6. The van der Waals surface area contributed by atoms with Crippen molar-refractivity contribution < 1.29 is 4.79 Å². The lowest BCUT2D eigenvalue weighted by Gasteiger charge is -2.10. The number of fused-ring (bicyclic) bond motifs is 1. The van der Waals surface area contributed by atoms with Gasteiger partial charge in [0.1, 0.15) is 5.01 Å². The Morgan fingerprint density at radius 2 is 1.76 bits per heavy atom. The molecule has 0 aliphatic carbocycles. The number of carbonyl (C=O) groups excluding carboxylic acids is 1. The Balaban J connectivity index is 1.85. The summed E-state index contributed by atoms with van der Waals surface area (Å²) >= 11 is 1.39. The molecule has 3 aromatic rings. The average molecular weight is 414 g/mol. The van der Waals surface area contributed by atoms with Gasteiger partial charge < -0.3 is 0 Å². The Labute approximate surface area is 174 Å². The number of amides is 1. The van der Waals surface area contributed by atoms with Gasteiger partial charge in [-0.25, -0.2) is 4.68 Å². The first-order valence-electron chi connectivity index (χ1n) is 10.3. The molecule has 1 N–H and O–H groups in total. The van der Waals surface area contributed by atoms with E-state index in [0.29, 0.717) is 22.4 Å². The quantitative estimate of drug-likeness (QED) is 0.497. The molecule has 0 radical (unpaired) electrons. The standard InChI is InChI=1S/C21H27N5O2S/c1-3-5-7-13-17-23-24-21(29-17)22-19(27)18-15-11-8-9-12-16(15)20(28)26(25-18)14-10-6-4-2/h8-9,11-12H,3-7,10,13-14H2,1-2H3,(H,22,24,27). The number of nitrogens with zero attached hydrogens (tertiary/aromatic N) is 4. The highest BCUT2D eigenvalue weighted by Crippen LogP contribution is 2.20. The van der Waals surface area contributed by atoms with Gasteiger partial charge in [-0.3, -0.25) is 14.9 Å². The van der Waals surface area contributed by atoms with Gasteiger partial charge in [0.05, 0.1) is 5.39 Å². The van der Waals surface area contributed by atoms with Crippen molar-refractivity contribution in [2.24, 2.45) is 0 Å². The third kappa shape index (κ3) is 5.26. The monoisotopic (exact) mass is 413 g/mol. The molecule has 0 aliphatic rings. The van der Waals surface area contributed by atoms with Gasteiger partial charge in [-0.1, -0.05) is 69.1 Å². The highest BCUT2D eigenvalue weighted by Gasteiger charge is 2.18. The first kappa shape index (κ1) is 21.1. The Bertz CT molecular complexity index is 1030. The molecule has 0 atom stereocenters. The van der Waals surface area contributed by atoms with Crippen LogP contribution in [0, 0.1) is 0 Å². The fourth-order valence-electron chi connectivity index (χ4n) is 3.15. The maximum Gasteiger partial charge on any atom is 0.278 e. The Morgan fingerprint density at radius 1 is 1.03 bits per heavy atom. The van der Waals surface area contributed by atoms with E-state index in [0.717, 1.165) is 50.0 Å². The minimum atomic E-state index is -0.373. The second kappa shape index (κ2) is 10.2. The number of hydrogen-bond donors (Lipinski definition) is 1. The molecule has 0 aliphatic heterocycles. The molecular weight excluding hydrogens is 386 g/mol. The first-order valence-corrected chi connectivity index (χ1v) is 11.1. The van der Waals surface area contributed by atoms with Crippen molar-refractivity contribution in [3.63, 3.8) is 0 Å². The summed E-state index contributed by atoms with van der Waals surface area (Å²) in [5.41, 5.74) is 0.0711. The van der Waals surface area contributed by atoms with Gasteiger partial charge in [0.2, 0.25) is 5.13 Å². The predicted molar refractivity (Wildman–Crippen MR) is 117 cm³/mol. The summed E-state index contributed by atoms with van der Waals surface area (Å²) < 4.78 is 1.41. The zero-order valence-corrected chi connectivity index (χ0v) is 17.8. The van der Waals surface area contributed by atoms with Crippen molar-refractivity contribution in [3.8, 4) is 0 Å². The fraction of sp³-hybridized carbons (Fsp3) is 0.476. The third-order valence-corrected chi connectivity index (χ3v) is 5.64. The van der Waals surface area contributed by atoms with Gasteiger partial charge in [0.25, 0.3) is 11.5 Å². The van der Waals surface area contributed by atoms with Gasteiger partial charge in [0, 0.05) is 18.4 Å². The summed E-state index contributed by atoms with van der Waals surface area (Å²) in [6.45, 7) is 4.76. The number of nitrogens with one attached hydrogen (secondary N) is 1. The van der Waals surface area contributed by atoms with Gasteiger partial charge in [-0.15, -0.1) is 10.2 Å². The SMILES string of the molecule is CCCCCc1nnc(NC(=O)c2nn(CCCCC)c(=O)c3ccccc23)s1. The van der Waals surface area contributed by atoms with E-state index in [1.807, 2.05) is 0 Å². The molecule has 0 bridgehead atoms. The number of benzene rings is 1. The van der Waals surface area contributed by atoms with E-state index in [-0.39, 0.29) is 17.2 Å². The van der Waals surface area contributed by atoms with Crippen LogP contribution in [0.4, 0.5) is 5.13 Å². The molecule has 0 spiro atoms. The molecule has 0 saturated heterocycles. The minimum Gasteiger partial charge on any atom is -0.295 e. The van der Waals surface area contributed by atoms with Crippen LogP contribution in [-0.4, -0.2) is 25.9 Å². The summed E-state index contributed by atoms with van der Waals surface area (Å²) in [7, 11) is 0. The molecule has 1 amide bonds. The van der Waals surface area contributed by atoms with E-state index < -0.39 is 0 Å². The second-order valence-electron chi connectivity index (χ2n) is 7.04. The number of unbranched alkanes of at least 4 members (excludes halogenated alkanes) is 4. The van der Waals surface area contributed by atoms with E-state index in [9.17, 15) is 9.59 Å². The normalized spacial score (nSPS) is 11.1. The van der Waals surface area contributed by atoms with Crippen molar-refractivity contribution in [1.82, 2.24) is 20.0 Å². The summed E-state index contributed by atoms with van der Waals surface area (Å²) in [5.74, 6) is -0.373. The van der Waals surface area contributed by atoms with Gasteiger partial charge >= 0.3 is 0 Å². The molecule has 2 heterocycles. The number of anilines is 1. The Hall–Kier alpha value is -2.61. The van der Waals surface area contributed by atoms with E-state index in [4.69, 9.17) is 0 Å². The molecule has 0 unspecified atom stereocenters. The molecule has 1 aromatic carbocycles. The molecule has 7 nitrogen and oxygen atoms in total. The van der Waals surface area contributed by atoms with E-state index in [2.05, 4.69) is 34.5 Å². The summed E-state index contributed by atoms with van der Waals surface area (Å²) in [6.07, 6.45) is 7.13. The molecule has 0 saturated carbocycles. The smallest absolute Gasteiger partial charge is 0.278 e. The van der Waals surface area contributed by atoms with Crippen molar-refractivity contribution in [2.75, 3.05) is 5.32 Å². The van der Waals surface area contributed by atoms with Gasteiger partial charge in [-0.2, -0.15) is 5.10 Å². The maximum atomic E-state index is 12.9. The van der Waals surface area contributed by atoms with Crippen LogP contribution < -0.4 is 10.9 Å². The largest absolute Gasteiger partial charge is 0.295 e. The van der Waals surface area contributed by atoms with Crippen molar-refractivity contribution in [3.05, 3.63) is 45.3 Å². The van der Waals surface area contributed by atoms with Crippen molar-refractivity contribution in [2.45, 2.75) is 65.3 Å². The highest BCUT2D eigenvalue weighted by molar-refractivity contribution is 7.15. The molecule has 154 valence electrons. The predicted octanol–water partition coefficient (Wildman–Crippen LogP) is 4.42. The molecule has 2 aromatic heterocycles. The third-order valence-electron chi connectivity index (χ3n) is 4.74. The average Bonchev–Trinajstić information content (AvgIpc) is 3.17. The number of carbonyl (C=O) groups is 1. The molecule has 3 rings (SSSR count). The molecule has 29 heavy (non-hydrogen) atoms. The van der Waals surface area contributed by atoms with Crippen LogP contribution in [0.1, 0.15) is 67.9 Å². The second-order valence-corrected chi connectivity index (χ2v) is 8.10. The van der Waals surface area contributed by atoms with Gasteiger partial charge in [-0.05, 0) is 18.9 Å². The van der Waals surface area contributed by atoms with Crippen molar-refractivity contribution in [1.29, 1.82) is 0 Å². The lowest BCUT2D eigenvalue weighted by Crippen LogP contribution is -2.27. The fourth-order valence-corrected chi connectivity index (χ4v) is 3.93. The number of rotatable bonds is 10. The highest BCUT2D eigenvalue weighted by atomic mass is 32.1. The minimum absolute atomic E-state index is 0.164. The molecule has 8 heteroatoms. The summed E-state index contributed by atoms with van der Waals surface area (Å²) in [4.78, 5) is 25.7. The topological polar surface area (TPSA) is 89.8 Å². The number of hydrogen-bond acceptors (Lipinski definition) is 6. The Morgan fingerprint density at radius 3 is 2.52 bits per heavy atom. The number of aromatic nitrogens is 4. The van der Waals surface area contributed by atoms with E-state index >= 15 is 0 Å². The van der Waals surface area contributed by atoms with Crippen LogP contribution >= 0.6 is 11.3 Å². The lowest BCUT2D eigenvalue weighted by molar-refractivity contribution is 0.102. The summed E-state index contributed by atoms with van der Waals surface area (Å²) in [6, 6.07) is 7.10. The zero-order valence-electron chi connectivity index (χ0n) is 17.0. The van der Waals surface area contributed by atoms with E-state index in [1.165, 1.54) is 16.0 Å². The van der Waals surface area contributed by atoms with Crippen LogP contribution in [0.15, 0.2) is 29.1 Å². The van der Waals surface area contributed by atoms with Crippen molar-refractivity contribution >= 4 is 33.1 Å². The Kier molecular flexibility index (Phi) is 7.46. The maximum absolute atomic E-state index is 12.9. The van der Waals surface area contributed by atoms with Crippen LogP contribution in [-0.2, 0) is 13.0 Å². The molecule has 0 fully saturated rings. The van der Waals surface area contributed by atoms with Gasteiger partial charge in [0.15, 0.2) is 5.69 Å². The first-order chi connectivity index (χ1) is 14.1. The number of aryl methyl sites for hydroxylation is 2. The lowest BCUT2D eigenvalue weighted by atomic mass is 10.1. The molecular formula is C21H27N5O2S. The van der Waals surface area contributed by atoms with Crippen LogP contribution in [0.2, 0.25) is 0 Å². The summed E-state index contributed by atoms with van der Waals surface area (Å²) in [5, 5.41) is 17.8. The van der Waals surface area contributed by atoms with Crippen LogP contribution in [0.3, 0.4) is 0 Å². The van der Waals surface area contributed by atoms with Crippen LogP contribution in [0.5, 0.6) is 0 Å². The van der Waals surface area contributed by atoms with E-state index in [1.54, 1.807) is 24.3 Å².